The summed E-state index contributed by atoms with van der Waals surface area (Å²) >= 11 is 0. The Bertz CT molecular complexity index is 346. The Hall–Kier alpha value is -1.33. The quantitative estimate of drug-likeness (QED) is 0.548. The van der Waals surface area contributed by atoms with Crippen LogP contribution in [-0.4, -0.2) is 9.78 Å². The number of aromatic nitrogens is 2. The van der Waals surface area contributed by atoms with Crippen molar-refractivity contribution < 1.29 is 13.2 Å². The maximum atomic E-state index is 12.3. The second kappa shape index (κ2) is 2.37. The predicted molar refractivity (Wildman–Crippen MR) is 29.4 cm³/mol. The summed E-state index contributed by atoms with van der Waals surface area (Å²) in [4.78, 5) is 10.5. The lowest BCUT2D eigenvalue weighted by molar-refractivity contribution is 0.384. The van der Waals surface area contributed by atoms with Crippen LogP contribution in [0, 0.1) is 17.6 Å². The lowest BCUT2D eigenvalue weighted by Gasteiger charge is -1.96. The highest BCUT2D eigenvalue weighted by atomic mass is 19.2. The molecule has 0 N–H and O–H groups in total. The van der Waals surface area contributed by atoms with Gasteiger partial charge in [0.2, 0.25) is 11.6 Å². The van der Waals surface area contributed by atoms with E-state index < -0.39 is 23.1 Å². The largest absolute Gasteiger partial charge is 0.305 e. The standard InChI is InChI=1S/C5H3F3N2O/c1-10-5(11)3(7)2(6)4(8)9-10/h1H3. The summed E-state index contributed by atoms with van der Waals surface area (Å²) in [5.74, 6) is -5.21. The van der Waals surface area contributed by atoms with Crippen LogP contribution in [0.4, 0.5) is 13.2 Å². The van der Waals surface area contributed by atoms with Gasteiger partial charge in [-0.15, -0.1) is 5.10 Å². The van der Waals surface area contributed by atoms with Crippen molar-refractivity contribution in [3.8, 4) is 0 Å². The van der Waals surface area contributed by atoms with E-state index in [1.54, 1.807) is 0 Å². The fourth-order valence-electron chi connectivity index (χ4n) is 0.548. The van der Waals surface area contributed by atoms with E-state index in [-0.39, 0.29) is 0 Å². The highest BCUT2D eigenvalue weighted by molar-refractivity contribution is 4.95. The molecule has 0 amide bonds. The smallest absolute Gasteiger partial charge is 0.264 e. The van der Waals surface area contributed by atoms with Crippen LogP contribution in [0.15, 0.2) is 4.79 Å². The molecule has 1 aromatic heterocycles. The Morgan fingerprint density at radius 3 is 2.36 bits per heavy atom. The van der Waals surface area contributed by atoms with Crippen molar-refractivity contribution >= 4 is 0 Å². The average molecular weight is 164 g/mol. The first kappa shape index (κ1) is 7.77. The number of aryl methyl sites for hydroxylation is 1. The maximum absolute atomic E-state index is 12.3. The van der Waals surface area contributed by atoms with Crippen LogP contribution in [0.1, 0.15) is 0 Å². The van der Waals surface area contributed by atoms with Gasteiger partial charge in [0.15, 0.2) is 0 Å². The molecule has 1 aromatic rings. The third-order valence-corrected chi connectivity index (χ3v) is 1.09. The van der Waals surface area contributed by atoms with Gasteiger partial charge >= 0.3 is 5.56 Å². The minimum atomic E-state index is -1.84. The van der Waals surface area contributed by atoms with Crippen LogP contribution < -0.4 is 5.56 Å². The first-order chi connectivity index (χ1) is 5.04. The molecule has 0 aromatic carbocycles. The van der Waals surface area contributed by atoms with E-state index in [1.807, 2.05) is 0 Å². The summed E-state index contributed by atoms with van der Waals surface area (Å²) in [6, 6.07) is 0. The second-order valence-corrected chi connectivity index (χ2v) is 1.85. The van der Waals surface area contributed by atoms with Crippen molar-refractivity contribution in [1.29, 1.82) is 0 Å². The topological polar surface area (TPSA) is 34.9 Å². The van der Waals surface area contributed by atoms with Crippen LogP contribution in [0.5, 0.6) is 0 Å². The van der Waals surface area contributed by atoms with Crippen LogP contribution >= 0.6 is 0 Å². The number of rotatable bonds is 0. The van der Waals surface area contributed by atoms with Crippen molar-refractivity contribution in [2.45, 2.75) is 0 Å². The molecule has 11 heavy (non-hydrogen) atoms. The molecular formula is C5H3F3N2O. The van der Waals surface area contributed by atoms with Gasteiger partial charge in [-0.1, -0.05) is 0 Å². The molecule has 0 radical (unpaired) electrons. The zero-order valence-electron chi connectivity index (χ0n) is 5.44. The molecule has 0 atom stereocenters. The Kier molecular flexibility index (Phi) is 1.67. The molecule has 0 fully saturated rings. The molecule has 0 unspecified atom stereocenters. The molecule has 0 aliphatic rings. The zero-order valence-corrected chi connectivity index (χ0v) is 5.44. The van der Waals surface area contributed by atoms with Gasteiger partial charge in [0.05, 0.1) is 0 Å². The van der Waals surface area contributed by atoms with Crippen LogP contribution in [0.2, 0.25) is 0 Å². The molecule has 0 bridgehead atoms. The number of hydrogen-bond donors (Lipinski definition) is 0. The van der Waals surface area contributed by atoms with E-state index in [0.29, 0.717) is 4.68 Å². The molecule has 1 heterocycles. The summed E-state index contributed by atoms with van der Waals surface area (Å²) in [6.45, 7) is 0. The van der Waals surface area contributed by atoms with E-state index in [1.165, 1.54) is 0 Å². The molecule has 0 spiro atoms. The SMILES string of the molecule is Cn1nc(F)c(F)c(F)c1=O. The fraction of sp³-hybridized carbons (Fsp3) is 0.200. The first-order valence-electron chi connectivity index (χ1n) is 2.62. The summed E-state index contributed by atoms with van der Waals surface area (Å²) in [7, 11) is 1.02. The summed E-state index contributed by atoms with van der Waals surface area (Å²) in [5.41, 5.74) is -1.29. The number of halogens is 3. The fourth-order valence-corrected chi connectivity index (χ4v) is 0.548. The predicted octanol–water partition coefficient (Wildman–Crippen LogP) is 0.198. The van der Waals surface area contributed by atoms with Gasteiger partial charge in [-0.05, 0) is 0 Å². The normalized spacial score (nSPS) is 10.2. The van der Waals surface area contributed by atoms with Gasteiger partial charge < -0.3 is 0 Å². The van der Waals surface area contributed by atoms with Gasteiger partial charge in [-0.25, -0.2) is 4.68 Å². The third-order valence-electron chi connectivity index (χ3n) is 1.09. The monoisotopic (exact) mass is 164 g/mol. The van der Waals surface area contributed by atoms with Crippen molar-refractivity contribution in [3.05, 3.63) is 27.9 Å². The van der Waals surface area contributed by atoms with Gasteiger partial charge in [0.1, 0.15) is 0 Å². The van der Waals surface area contributed by atoms with Crippen LogP contribution in [-0.2, 0) is 7.05 Å². The molecule has 0 aliphatic carbocycles. The number of nitrogens with zero attached hydrogens (tertiary/aromatic N) is 2. The van der Waals surface area contributed by atoms with E-state index in [0.717, 1.165) is 7.05 Å². The minimum absolute atomic E-state index is 0.383. The van der Waals surface area contributed by atoms with E-state index in [9.17, 15) is 18.0 Å². The van der Waals surface area contributed by atoms with Crippen molar-refractivity contribution in [3.63, 3.8) is 0 Å². The molecule has 6 heteroatoms. The summed E-state index contributed by atoms with van der Waals surface area (Å²) in [6.07, 6.45) is 0. The first-order valence-corrected chi connectivity index (χ1v) is 2.62. The van der Waals surface area contributed by atoms with E-state index in [2.05, 4.69) is 5.10 Å². The summed E-state index contributed by atoms with van der Waals surface area (Å²) < 4.78 is 36.9. The zero-order chi connectivity index (χ0) is 8.59. The van der Waals surface area contributed by atoms with Gasteiger partial charge in [0, 0.05) is 7.05 Å². The maximum Gasteiger partial charge on any atom is 0.305 e. The molecule has 1 rings (SSSR count). The van der Waals surface area contributed by atoms with Crippen molar-refractivity contribution in [1.82, 2.24) is 9.78 Å². The average Bonchev–Trinajstić information content (AvgIpc) is 1.97. The van der Waals surface area contributed by atoms with Crippen molar-refractivity contribution in [2.24, 2.45) is 7.05 Å². The Balaban J connectivity index is 3.59. The van der Waals surface area contributed by atoms with Crippen molar-refractivity contribution in [2.75, 3.05) is 0 Å². The van der Waals surface area contributed by atoms with Gasteiger partial charge in [-0.3, -0.25) is 4.79 Å². The lowest BCUT2D eigenvalue weighted by atomic mass is 10.5. The molecule has 0 saturated heterocycles. The molecule has 60 valence electrons. The Morgan fingerprint density at radius 1 is 1.27 bits per heavy atom. The molecule has 0 saturated carbocycles. The second-order valence-electron chi connectivity index (χ2n) is 1.85. The van der Waals surface area contributed by atoms with Gasteiger partial charge in [0.25, 0.3) is 5.95 Å². The highest BCUT2D eigenvalue weighted by Crippen LogP contribution is 2.00. The van der Waals surface area contributed by atoms with Crippen LogP contribution in [0.3, 0.4) is 0 Å². The molecular weight excluding hydrogens is 161 g/mol. The summed E-state index contributed by atoms with van der Waals surface area (Å²) in [5, 5.41) is 2.76. The van der Waals surface area contributed by atoms with E-state index >= 15 is 0 Å². The molecule has 0 aliphatic heterocycles. The van der Waals surface area contributed by atoms with E-state index in [4.69, 9.17) is 0 Å². The molecule has 3 nitrogen and oxygen atoms in total. The van der Waals surface area contributed by atoms with Gasteiger partial charge in [-0.2, -0.15) is 13.2 Å². The van der Waals surface area contributed by atoms with Crippen LogP contribution in [0.25, 0.3) is 0 Å². The number of hydrogen-bond acceptors (Lipinski definition) is 2. The Morgan fingerprint density at radius 2 is 1.82 bits per heavy atom. The minimum Gasteiger partial charge on any atom is -0.264 e. The lowest BCUT2D eigenvalue weighted by Crippen LogP contribution is -2.25. The third kappa shape index (κ3) is 1.11. The Labute approximate surface area is 59.1 Å². The highest BCUT2D eigenvalue weighted by Gasteiger charge is 2.14.